The molecular weight excluding hydrogens is 268 g/mol. The number of nitrogens with zero attached hydrogens (tertiary/aromatic N) is 2. The van der Waals surface area contributed by atoms with Gasteiger partial charge in [0, 0.05) is 6.07 Å². The molecule has 0 bridgehead atoms. The van der Waals surface area contributed by atoms with Crippen LogP contribution in [0.15, 0.2) is 36.5 Å². The molecule has 5 nitrogen and oxygen atoms in total. The smallest absolute Gasteiger partial charge is 0.287 e. The Bertz CT molecular complexity index is 632. The Morgan fingerprint density at radius 1 is 1.25 bits per heavy atom. The number of aromatic nitrogens is 1. The van der Waals surface area contributed by atoms with Gasteiger partial charge in [0.2, 0.25) is 0 Å². The van der Waals surface area contributed by atoms with Crippen molar-refractivity contribution in [3.05, 3.63) is 63.8 Å². The molecule has 0 unspecified atom stereocenters. The molecule has 0 saturated heterocycles. The van der Waals surface area contributed by atoms with E-state index in [0.29, 0.717) is 11.4 Å². The van der Waals surface area contributed by atoms with Gasteiger partial charge in [-0.25, -0.2) is 13.8 Å². The van der Waals surface area contributed by atoms with Crippen LogP contribution < -0.4 is 5.32 Å². The maximum absolute atomic E-state index is 13.1. The Morgan fingerprint density at radius 3 is 2.55 bits per heavy atom. The second kappa shape index (κ2) is 5.60. The highest BCUT2D eigenvalue weighted by molar-refractivity contribution is 5.42. The van der Waals surface area contributed by atoms with Crippen molar-refractivity contribution < 1.29 is 13.7 Å². The second-order valence-corrected chi connectivity index (χ2v) is 4.20. The van der Waals surface area contributed by atoms with E-state index in [1.54, 1.807) is 6.92 Å². The van der Waals surface area contributed by atoms with E-state index in [9.17, 15) is 18.9 Å². The Kier molecular flexibility index (Phi) is 3.88. The van der Waals surface area contributed by atoms with Crippen molar-refractivity contribution in [3.63, 3.8) is 0 Å². The van der Waals surface area contributed by atoms with E-state index < -0.39 is 16.6 Å². The summed E-state index contributed by atoms with van der Waals surface area (Å²) in [6.07, 6.45) is 1.13. The van der Waals surface area contributed by atoms with Crippen LogP contribution in [-0.4, -0.2) is 9.91 Å². The van der Waals surface area contributed by atoms with E-state index in [2.05, 4.69) is 10.3 Å². The quantitative estimate of drug-likeness (QED) is 0.687. The van der Waals surface area contributed by atoms with Crippen LogP contribution in [0.25, 0.3) is 0 Å². The number of rotatable bonds is 4. The maximum Gasteiger partial charge on any atom is 0.287 e. The number of halogens is 2. The molecule has 0 amide bonds. The van der Waals surface area contributed by atoms with Gasteiger partial charge in [0.15, 0.2) is 11.6 Å². The third-order valence-corrected chi connectivity index (χ3v) is 2.77. The number of nitro groups is 1. The fraction of sp³-hybridized carbons (Fsp3) is 0.154. The standard InChI is InChI=1S/C13H11F2N3O2/c1-8(9-2-4-11(14)12(15)6-9)17-13-5-3-10(7-16-13)18(19)20/h2-8H,1H3,(H,16,17)/t8-/m0/s1. The number of hydrogen-bond acceptors (Lipinski definition) is 4. The van der Waals surface area contributed by atoms with Crippen molar-refractivity contribution in [1.29, 1.82) is 0 Å². The van der Waals surface area contributed by atoms with Crippen LogP contribution >= 0.6 is 0 Å². The van der Waals surface area contributed by atoms with Crippen LogP contribution in [0.3, 0.4) is 0 Å². The van der Waals surface area contributed by atoms with E-state index in [-0.39, 0.29) is 11.7 Å². The molecule has 0 spiro atoms. The maximum atomic E-state index is 13.1. The predicted octanol–water partition coefficient (Wildman–Crippen LogP) is 3.44. The van der Waals surface area contributed by atoms with Crippen LogP contribution in [0.4, 0.5) is 20.3 Å². The van der Waals surface area contributed by atoms with Crippen LogP contribution in [0.1, 0.15) is 18.5 Å². The van der Waals surface area contributed by atoms with Gasteiger partial charge in [0.05, 0.1) is 11.0 Å². The highest BCUT2D eigenvalue weighted by Crippen LogP contribution is 2.21. The fourth-order valence-electron chi connectivity index (χ4n) is 1.67. The zero-order valence-electron chi connectivity index (χ0n) is 10.5. The summed E-state index contributed by atoms with van der Waals surface area (Å²) in [5, 5.41) is 13.4. The molecule has 0 aliphatic heterocycles. The molecule has 0 radical (unpaired) electrons. The average Bonchev–Trinajstić information content (AvgIpc) is 2.42. The van der Waals surface area contributed by atoms with E-state index in [4.69, 9.17) is 0 Å². The van der Waals surface area contributed by atoms with Gasteiger partial charge in [-0.05, 0) is 30.7 Å². The molecule has 2 aromatic rings. The highest BCUT2D eigenvalue weighted by atomic mass is 19.2. The van der Waals surface area contributed by atoms with Crippen molar-refractivity contribution in [1.82, 2.24) is 4.98 Å². The molecule has 20 heavy (non-hydrogen) atoms. The summed E-state index contributed by atoms with van der Waals surface area (Å²) in [6, 6.07) is 6.05. The van der Waals surface area contributed by atoms with Crippen molar-refractivity contribution >= 4 is 11.5 Å². The molecule has 104 valence electrons. The van der Waals surface area contributed by atoms with Crippen LogP contribution in [0.2, 0.25) is 0 Å². The lowest BCUT2D eigenvalue weighted by Crippen LogP contribution is -2.08. The summed E-state index contributed by atoms with van der Waals surface area (Å²) < 4.78 is 26.0. The first-order chi connectivity index (χ1) is 9.47. The summed E-state index contributed by atoms with van der Waals surface area (Å²) >= 11 is 0. The Hall–Kier alpha value is -2.57. The zero-order chi connectivity index (χ0) is 14.7. The zero-order valence-corrected chi connectivity index (χ0v) is 10.5. The van der Waals surface area contributed by atoms with Gasteiger partial charge in [0.1, 0.15) is 12.0 Å². The molecule has 0 saturated carbocycles. The largest absolute Gasteiger partial charge is 0.364 e. The van der Waals surface area contributed by atoms with Crippen molar-refractivity contribution in [3.8, 4) is 0 Å². The SMILES string of the molecule is C[C@H](Nc1ccc([N+](=O)[O-])cn1)c1ccc(F)c(F)c1. The number of benzene rings is 1. The lowest BCUT2D eigenvalue weighted by Gasteiger charge is -2.14. The van der Waals surface area contributed by atoms with E-state index in [1.165, 1.54) is 18.2 Å². The minimum Gasteiger partial charge on any atom is -0.364 e. The van der Waals surface area contributed by atoms with Crippen molar-refractivity contribution in [2.45, 2.75) is 13.0 Å². The molecule has 7 heteroatoms. The minimum absolute atomic E-state index is 0.115. The average molecular weight is 279 g/mol. The first-order valence-corrected chi connectivity index (χ1v) is 5.79. The first-order valence-electron chi connectivity index (χ1n) is 5.79. The summed E-state index contributed by atoms with van der Waals surface area (Å²) in [5.74, 6) is -1.42. The summed E-state index contributed by atoms with van der Waals surface area (Å²) in [5.41, 5.74) is 0.431. The monoisotopic (exact) mass is 279 g/mol. The molecule has 0 fully saturated rings. The summed E-state index contributed by atoms with van der Waals surface area (Å²) in [4.78, 5) is 13.8. The third-order valence-electron chi connectivity index (χ3n) is 2.77. The Morgan fingerprint density at radius 2 is 2.00 bits per heavy atom. The fourth-order valence-corrected chi connectivity index (χ4v) is 1.67. The van der Waals surface area contributed by atoms with Crippen LogP contribution in [0.5, 0.6) is 0 Å². The molecule has 1 atom stereocenters. The third kappa shape index (κ3) is 3.05. The minimum atomic E-state index is -0.923. The molecule has 1 aromatic carbocycles. The van der Waals surface area contributed by atoms with Crippen molar-refractivity contribution in [2.75, 3.05) is 5.32 Å². The van der Waals surface area contributed by atoms with E-state index in [0.717, 1.165) is 18.3 Å². The predicted molar refractivity (Wildman–Crippen MR) is 69.3 cm³/mol. The normalized spacial score (nSPS) is 11.9. The number of nitrogens with one attached hydrogen (secondary N) is 1. The van der Waals surface area contributed by atoms with Gasteiger partial charge in [-0.1, -0.05) is 6.07 Å². The van der Waals surface area contributed by atoms with E-state index >= 15 is 0 Å². The lowest BCUT2D eigenvalue weighted by atomic mass is 10.1. The van der Waals surface area contributed by atoms with Gasteiger partial charge < -0.3 is 5.32 Å². The van der Waals surface area contributed by atoms with Gasteiger partial charge >= 0.3 is 0 Å². The Labute approximate surface area is 113 Å². The summed E-state index contributed by atoms with van der Waals surface area (Å²) in [7, 11) is 0. The first kappa shape index (κ1) is 13.9. The van der Waals surface area contributed by atoms with E-state index in [1.807, 2.05) is 0 Å². The lowest BCUT2D eigenvalue weighted by molar-refractivity contribution is -0.385. The Balaban J connectivity index is 2.12. The second-order valence-electron chi connectivity index (χ2n) is 4.20. The molecule has 1 heterocycles. The molecule has 1 aromatic heterocycles. The topological polar surface area (TPSA) is 68.1 Å². The van der Waals surface area contributed by atoms with Crippen LogP contribution in [-0.2, 0) is 0 Å². The number of hydrogen-bond donors (Lipinski definition) is 1. The molecular formula is C13H11F2N3O2. The van der Waals surface area contributed by atoms with Gasteiger partial charge in [-0.15, -0.1) is 0 Å². The molecule has 0 aliphatic carbocycles. The highest BCUT2D eigenvalue weighted by Gasteiger charge is 2.11. The molecule has 1 N–H and O–H groups in total. The van der Waals surface area contributed by atoms with Gasteiger partial charge in [-0.3, -0.25) is 10.1 Å². The molecule has 0 aliphatic rings. The molecule has 2 rings (SSSR count). The van der Waals surface area contributed by atoms with Crippen molar-refractivity contribution in [2.24, 2.45) is 0 Å². The summed E-state index contributed by atoms with van der Waals surface area (Å²) in [6.45, 7) is 1.75. The van der Waals surface area contributed by atoms with Gasteiger partial charge in [-0.2, -0.15) is 0 Å². The number of pyridine rings is 1. The van der Waals surface area contributed by atoms with Gasteiger partial charge in [0.25, 0.3) is 5.69 Å². The number of anilines is 1. The van der Waals surface area contributed by atoms with Crippen LogP contribution in [0, 0.1) is 21.7 Å².